The first-order chi connectivity index (χ1) is 16.0. The van der Waals surface area contributed by atoms with Crippen LogP contribution in [0, 0.1) is 5.82 Å². The van der Waals surface area contributed by atoms with Crippen LogP contribution >= 0.6 is 7.82 Å². The maximum atomic E-state index is 14.7. The lowest BCUT2D eigenvalue weighted by Gasteiger charge is -2.14. The van der Waals surface area contributed by atoms with Gasteiger partial charge in [-0.15, -0.1) is 15.0 Å². The zero-order chi connectivity index (χ0) is 25.0. The number of aromatic nitrogens is 5. The van der Waals surface area contributed by atoms with Gasteiger partial charge in [0.15, 0.2) is 6.10 Å². The van der Waals surface area contributed by atoms with Crippen molar-refractivity contribution in [3.8, 4) is 22.6 Å². The van der Waals surface area contributed by atoms with Crippen LogP contribution in [0.15, 0.2) is 43.1 Å². The summed E-state index contributed by atoms with van der Waals surface area (Å²) in [5, 5.41) is 20.6. The molecular formula is C18H17F2N6O7P. The molecule has 1 aromatic carbocycles. The van der Waals surface area contributed by atoms with E-state index in [9.17, 15) is 13.6 Å². The minimum atomic E-state index is -4.64. The van der Waals surface area contributed by atoms with Gasteiger partial charge in [-0.05, 0) is 29.5 Å². The van der Waals surface area contributed by atoms with Gasteiger partial charge in [0, 0.05) is 23.5 Å². The number of hydrogen-bond donors (Lipinski definition) is 4. The van der Waals surface area contributed by atoms with Crippen LogP contribution in [0.25, 0.3) is 28.8 Å². The number of phosphoric acid groups is 1. The summed E-state index contributed by atoms with van der Waals surface area (Å²) in [5.41, 5.74) is 1.39. The number of alkyl halides is 1. The average molecular weight is 498 g/mol. The maximum Gasteiger partial charge on any atom is 0.466 e. The third-order valence-electron chi connectivity index (χ3n) is 4.30. The number of nitrogens with zero attached hydrogens (tertiary/aromatic N) is 6. The molecule has 0 radical (unpaired) electrons. The van der Waals surface area contributed by atoms with E-state index in [1.54, 1.807) is 12.1 Å². The summed E-state index contributed by atoms with van der Waals surface area (Å²) in [4.78, 5) is 39.9. The number of carbonyl (C=O) groups excluding carboxylic acids is 1. The van der Waals surface area contributed by atoms with Crippen LogP contribution in [-0.4, -0.2) is 70.1 Å². The van der Waals surface area contributed by atoms with Gasteiger partial charge in [-0.25, -0.2) is 18.1 Å². The van der Waals surface area contributed by atoms with Crippen LogP contribution in [0.3, 0.4) is 0 Å². The van der Waals surface area contributed by atoms with Crippen LogP contribution in [0.1, 0.15) is 0 Å². The number of ether oxygens (including phenoxy) is 1. The molecule has 0 aliphatic carbocycles. The molecular weight excluding hydrogens is 481 g/mol. The lowest BCUT2D eigenvalue weighted by Crippen LogP contribution is -2.28. The van der Waals surface area contributed by atoms with E-state index in [4.69, 9.17) is 29.1 Å². The Hall–Kier alpha value is -3.62. The van der Waals surface area contributed by atoms with Gasteiger partial charge < -0.3 is 24.5 Å². The summed E-state index contributed by atoms with van der Waals surface area (Å²) in [6.07, 6.45) is -1.63. The Morgan fingerprint density at radius 3 is 2.47 bits per heavy atom. The largest absolute Gasteiger partial charge is 0.466 e. The van der Waals surface area contributed by atoms with Gasteiger partial charge in [0.2, 0.25) is 12.2 Å². The van der Waals surface area contributed by atoms with Crippen molar-refractivity contribution in [1.29, 1.82) is 0 Å². The number of anilines is 1. The van der Waals surface area contributed by atoms with Crippen LogP contribution in [0.4, 0.5) is 19.3 Å². The highest BCUT2D eigenvalue weighted by Gasteiger charge is 2.37. The first kappa shape index (κ1) is 25.0. The smallest absolute Gasteiger partial charge is 0.438 e. The molecule has 1 fully saturated rings. The highest BCUT2D eigenvalue weighted by atomic mass is 31.2. The molecule has 0 saturated carbocycles. The third-order valence-corrected chi connectivity index (χ3v) is 4.30. The molecule has 0 bridgehead atoms. The van der Waals surface area contributed by atoms with Gasteiger partial charge in [0.05, 0.1) is 12.2 Å². The zero-order valence-electron chi connectivity index (χ0n) is 17.0. The number of aliphatic hydroxyl groups is 1. The number of pyridine rings is 1. The molecule has 3 heterocycles. The van der Waals surface area contributed by atoms with Crippen molar-refractivity contribution < 1.29 is 42.7 Å². The molecule has 1 aliphatic heterocycles. The molecule has 1 aliphatic rings. The van der Waals surface area contributed by atoms with Crippen molar-refractivity contribution in [2.75, 3.05) is 11.4 Å². The predicted molar refractivity (Wildman–Crippen MR) is 112 cm³/mol. The summed E-state index contributed by atoms with van der Waals surface area (Å²) >= 11 is 0. The fourth-order valence-corrected chi connectivity index (χ4v) is 2.84. The average Bonchev–Trinajstić information content (AvgIpc) is 3.39. The molecule has 2 atom stereocenters. The molecule has 1 amide bonds. The summed E-state index contributed by atoms with van der Waals surface area (Å²) in [6.45, 7) is 3.31. The Balaban J connectivity index is 0.000000588. The lowest BCUT2D eigenvalue weighted by molar-refractivity contribution is -0.0503. The normalized spacial score (nSPS) is 16.5. The van der Waals surface area contributed by atoms with E-state index < -0.39 is 32.2 Å². The van der Waals surface area contributed by atoms with E-state index >= 15 is 0 Å². The van der Waals surface area contributed by atoms with Crippen LogP contribution < -0.4 is 4.90 Å². The Labute approximate surface area is 189 Å². The van der Waals surface area contributed by atoms with Crippen molar-refractivity contribution in [3.63, 3.8) is 0 Å². The molecule has 1 unspecified atom stereocenters. The topological polar surface area (TPSA) is 184 Å². The first-order valence-electron chi connectivity index (χ1n) is 9.23. The van der Waals surface area contributed by atoms with Gasteiger partial charge >= 0.3 is 13.9 Å². The van der Waals surface area contributed by atoms with Gasteiger partial charge in [-0.3, -0.25) is 9.88 Å². The van der Waals surface area contributed by atoms with E-state index in [1.807, 2.05) is 0 Å². The Kier molecular flexibility index (Phi) is 7.44. The number of rotatable bonds is 5. The van der Waals surface area contributed by atoms with Crippen molar-refractivity contribution >= 4 is 25.8 Å². The second kappa shape index (κ2) is 10.1. The van der Waals surface area contributed by atoms with Gasteiger partial charge in [0.1, 0.15) is 11.5 Å². The van der Waals surface area contributed by atoms with Crippen molar-refractivity contribution in [2.45, 2.75) is 12.5 Å². The molecule has 180 valence electrons. The molecule has 13 nitrogen and oxygen atoms in total. The van der Waals surface area contributed by atoms with Crippen molar-refractivity contribution in [2.24, 2.45) is 0 Å². The zero-order valence-corrected chi connectivity index (χ0v) is 17.9. The second-order valence-corrected chi connectivity index (χ2v) is 7.66. The highest BCUT2D eigenvalue weighted by molar-refractivity contribution is 7.45. The highest BCUT2D eigenvalue weighted by Crippen LogP contribution is 2.30. The van der Waals surface area contributed by atoms with E-state index in [0.29, 0.717) is 17.1 Å². The summed E-state index contributed by atoms with van der Waals surface area (Å²) in [7, 11) is -4.64. The fourth-order valence-electron chi connectivity index (χ4n) is 2.84. The summed E-state index contributed by atoms with van der Waals surface area (Å²) in [5.74, 6) is -0.311. The van der Waals surface area contributed by atoms with Crippen LogP contribution in [-0.2, 0) is 9.30 Å². The molecule has 16 heteroatoms. The molecule has 4 rings (SSSR count). The number of hydrogen-bond acceptors (Lipinski definition) is 8. The minimum Gasteiger partial charge on any atom is -0.438 e. The third kappa shape index (κ3) is 6.24. The quantitative estimate of drug-likeness (QED) is 0.372. The summed E-state index contributed by atoms with van der Waals surface area (Å²) < 4.78 is 41.2. The number of tetrazole rings is 1. The standard InChI is InChI=1S/C18H14F2N6O3.H3O4P/c1-2-26-23-17(22-24-26)14-6-3-10(8-21-14)12-5-4-11(7-13(12)19)25-9-15(16(20)27)29-18(25)28;1-5(2,3)4/h2-8,15-16,27H,1,9H2;(H3,1,2,3,4)/t15-,16?;/m0./s1. The molecule has 0 spiro atoms. The Morgan fingerprint density at radius 1 is 1.26 bits per heavy atom. The Morgan fingerprint density at radius 2 is 1.97 bits per heavy atom. The minimum absolute atomic E-state index is 0.189. The predicted octanol–water partition coefficient (Wildman–Crippen LogP) is 1.33. The molecule has 1 saturated heterocycles. The summed E-state index contributed by atoms with van der Waals surface area (Å²) in [6, 6.07) is 7.37. The maximum absolute atomic E-state index is 14.7. The molecule has 34 heavy (non-hydrogen) atoms. The second-order valence-electron chi connectivity index (χ2n) is 6.63. The number of cyclic esters (lactones) is 1. The van der Waals surface area contributed by atoms with E-state index in [0.717, 1.165) is 11.0 Å². The Bertz CT molecular complexity index is 1230. The monoisotopic (exact) mass is 498 g/mol. The number of benzene rings is 1. The molecule has 2 aromatic heterocycles. The first-order valence-corrected chi connectivity index (χ1v) is 10.8. The van der Waals surface area contributed by atoms with E-state index in [1.165, 1.54) is 29.3 Å². The van der Waals surface area contributed by atoms with Crippen LogP contribution in [0.5, 0.6) is 0 Å². The van der Waals surface area contributed by atoms with E-state index in [2.05, 4.69) is 27.0 Å². The van der Waals surface area contributed by atoms with Gasteiger partial charge in [0.25, 0.3) is 0 Å². The van der Waals surface area contributed by atoms with Gasteiger partial charge in [-0.2, -0.15) is 0 Å². The van der Waals surface area contributed by atoms with Crippen molar-refractivity contribution in [1.82, 2.24) is 25.2 Å². The van der Waals surface area contributed by atoms with E-state index in [-0.39, 0.29) is 17.8 Å². The molecule has 4 N–H and O–H groups in total. The number of carbonyl (C=O) groups is 1. The SMILES string of the molecule is C=Cn1nnc(-c2ccc(-c3ccc(N4C[C@@H](C(O)F)OC4=O)cc3F)cn2)n1.O=P(O)(O)O. The van der Waals surface area contributed by atoms with Gasteiger partial charge in [-0.1, -0.05) is 12.6 Å². The fraction of sp³-hybridized carbons (Fsp3) is 0.167. The molecule has 3 aromatic rings. The number of aliphatic hydroxyl groups excluding tert-OH is 1. The number of halogens is 2. The number of amides is 1. The van der Waals surface area contributed by atoms with Crippen molar-refractivity contribution in [3.05, 3.63) is 48.9 Å². The van der Waals surface area contributed by atoms with Crippen LogP contribution in [0.2, 0.25) is 0 Å². The lowest BCUT2D eigenvalue weighted by atomic mass is 10.1.